The Balaban J connectivity index is 4.44. The largest absolute Gasteiger partial charge is 0.512 e. The minimum absolute atomic E-state index is 0.00334. The number of aliphatic hydroxyl groups is 1. The van der Waals surface area contributed by atoms with Crippen molar-refractivity contribution in [1.82, 2.24) is 0 Å². The van der Waals surface area contributed by atoms with Crippen LogP contribution in [-0.2, 0) is 4.79 Å². The zero-order chi connectivity index (χ0) is 12.1. The molecule has 0 radical (unpaired) electrons. The predicted octanol–water partition coefficient (Wildman–Crippen LogP) is 3.51. The lowest BCUT2D eigenvalue weighted by atomic mass is 9.82. The van der Waals surface area contributed by atoms with Crippen LogP contribution < -0.4 is 0 Å². The SMILES string of the molecule is CCCCC(C)(C)CC(O)=C(C)C(=O)O. The molecule has 0 fully saturated rings. The molecule has 0 aromatic carbocycles. The number of aliphatic carboxylic acids is 1. The highest BCUT2D eigenvalue weighted by atomic mass is 16.4. The van der Waals surface area contributed by atoms with Gasteiger partial charge in [0.15, 0.2) is 0 Å². The fourth-order valence-corrected chi connectivity index (χ4v) is 1.45. The van der Waals surface area contributed by atoms with E-state index < -0.39 is 5.97 Å². The van der Waals surface area contributed by atoms with Crippen molar-refractivity contribution in [2.45, 2.75) is 53.4 Å². The van der Waals surface area contributed by atoms with E-state index in [-0.39, 0.29) is 16.7 Å². The molecule has 0 unspecified atom stereocenters. The summed E-state index contributed by atoms with van der Waals surface area (Å²) in [5.41, 5.74) is 0.0242. The molecule has 2 N–H and O–H groups in total. The first-order valence-electron chi connectivity index (χ1n) is 5.42. The first-order valence-corrected chi connectivity index (χ1v) is 5.42. The molecule has 0 aromatic heterocycles. The quantitative estimate of drug-likeness (QED) is 0.525. The van der Waals surface area contributed by atoms with Crippen molar-refractivity contribution in [2.75, 3.05) is 0 Å². The van der Waals surface area contributed by atoms with E-state index in [4.69, 9.17) is 5.11 Å². The zero-order valence-corrected chi connectivity index (χ0v) is 10.1. The summed E-state index contributed by atoms with van der Waals surface area (Å²) in [7, 11) is 0. The molecule has 0 rings (SSSR count). The number of allylic oxidation sites excluding steroid dienone is 1. The number of unbranched alkanes of at least 4 members (excludes halogenated alkanes) is 1. The Bertz CT molecular complexity index is 252. The highest BCUT2D eigenvalue weighted by Gasteiger charge is 2.21. The van der Waals surface area contributed by atoms with Crippen LogP contribution >= 0.6 is 0 Å². The monoisotopic (exact) mass is 214 g/mol. The number of carboxylic acids is 1. The maximum absolute atomic E-state index is 10.6. The number of hydrogen-bond donors (Lipinski definition) is 2. The molecular formula is C12H22O3. The molecule has 0 spiro atoms. The van der Waals surface area contributed by atoms with Gasteiger partial charge in [0.05, 0.1) is 5.57 Å². The first-order chi connectivity index (χ1) is 6.80. The van der Waals surface area contributed by atoms with Crippen molar-refractivity contribution in [3.63, 3.8) is 0 Å². The summed E-state index contributed by atoms with van der Waals surface area (Å²) in [6, 6.07) is 0. The van der Waals surface area contributed by atoms with E-state index >= 15 is 0 Å². The second-order valence-corrected chi connectivity index (χ2v) is 4.82. The fraction of sp³-hybridized carbons (Fsp3) is 0.750. The third-order valence-electron chi connectivity index (χ3n) is 2.61. The summed E-state index contributed by atoms with van der Waals surface area (Å²) >= 11 is 0. The van der Waals surface area contributed by atoms with Gasteiger partial charge in [-0.3, -0.25) is 0 Å². The molecule has 0 amide bonds. The zero-order valence-electron chi connectivity index (χ0n) is 10.1. The maximum atomic E-state index is 10.6. The minimum Gasteiger partial charge on any atom is -0.512 e. The van der Waals surface area contributed by atoms with E-state index in [1.165, 1.54) is 6.92 Å². The topological polar surface area (TPSA) is 57.5 Å². The van der Waals surface area contributed by atoms with Gasteiger partial charge in [-0.25, -0.2) is 4.79 Å². The lowest BCUT2D eigenvalue weighted by Crippen LogP contribution is -2.14. The van der Waals surface area contributed by atoms with Crippen LogP contribution in [0.15, 0.2) is 11.3 Å². The van der Waals surface area contributed by atoms with Crippen molar-refractivity contribution >= 4 is 5.97 Å². The highest BCUT2D eigenvalue weighted by Crippen LogP contribution is 2.31. The summed E-state index contributed by atoms with van der Waals surface area (Å²) in [6.45, 7) is 7.66. The molecule has 0 bridgehead atoms. The lowest BCUT2D eigenvalue weighted by molar-refractivity contribution is -0.132. The first kappa shape index (κ1) is 14.0. The number of hydrogen-bond acceptors (Lipinski definition) is 2. The normalized spacial score (nSPS) is 13.6. The van der Waals surface area contributed by atoms with Gasteiger partial charge in [-0.2, -0.15) is 0 Å². The van der Waals surface area contributed by atoms with Crippen molar-refractivity contribution in [3.8, 4) is 0 Å². The van der Waals surface area contributed by atoms with Crippen molar-refractivity contribution in [1.29, 1.82) is 0 Å². The summed E-state index contributed by atoms with van der Waals surface area (Å²) in [6.07, 6.45) is 3.66. The average Bonchev–Trinajstić information content (AvgIpc) is 2.12. The Morgan fingerprint density at radius 2 is 1.80 bits per heavy atom. The van der Waals surface area contributed by atoms with E-state index in [2.05, 4.69) is 6.92 Å². The van der Waals surface area contributed by atoms with Crippen LogP contribution in [0.2, 0.25) is 0 Å². The van der Waals surface area contributed by atoms with Gasteiger partial charge in [-0.15, -0.1) is 0 Å². The molecule has 0 atom stereocenters. The number of rotatable bonds is 6. The fourth-order valence-electron chi connectivity index (χ4n) is 1.45. The van der Waals surface area contributed by atoms with Gasteiger partial charge in [-0.1, -0.05) is 33.6 Å². The summed E-state index contributed by atoms with van der Waals surface area (Å²) < 4.78 is 0. The molecule has 0 aliphatic rings. The number of carbonyl (C=O) groups is 1. The molecule has 0 aliphatic heterocycles. The van der Waals surface area contributed by atoms with Crippen LogP contribution in [0.25, 0.3) is 0 Å². The summed E-state index contributed by atoms with van der Waals surface area (Å²) in [5, 5.41) is 18.3. The van der Waals surface area contributed by atoms with E-state index in [0.717, 1.165) is 19.3 Å². The number of aliphatic hydroxyl groups excluding tert-OH is 1. The Morgan fingerprint density at radius 3 is 2.20 bits per heavy atom. The molecule has 0 aliphatic carbocycles. The standard InChI is InChI=1S/C12H22O3/c1-5-6-7-12(3,4)8-10(13)9(2)11(14)15/h13H,5-8H2,1-4H3,(H,14,15). The molecule has 88 valence electrons. The van der Waals surface area contributed by atoms with Crippen LogP contribution in [0.1, 0.15) is 53.4 Å². The van der Waals surface area contributed by atoms with Crippen molar-refractivity contribution in [2.24, 2.45) is 5.41 Å². The molecule has 0 saturated carbocycles. The lowest BCUT2D eigenvalue weighted by Gasteiger charge is -2.24. The Morgan fingerprint density at radius 1 is 1.27 bits per heavy atom. The van der Waals surface area contributed by atoms with Gasteiger partial charge in [0.1, 0.15) is 5.76 Å². The molecular weight excluding hydrogens is 192 g/mol. The molecule has 15 heavy (non-hydrogen) atoms. The summed E-state index contributed by atoms with van der Waals surface area (Å²) in [5.74, 6) is -1.04. The van der Waals surface area contributed by atoms with Crippen molar-refractivity contribution in [3.05, 3.63) is 11.3 Å². The summed E-state index contributed by atoms with van der Waals surface area (Å²) in [4.78, 5) is 10.6. The van der Waals surface area contributed by atoms with E-state index in [0.29, 0.717) is 6.42 Å². The van der Waals surface area contributed by atoms with Gasteiger partial charge in [0.2, 0.25) is 0 Å². The second-order valence-electron chi connectivity index (χ2n) is 4.82. The molecule has 3 nitrogen and oxygen atoms in total. The van der Waals surface area contributed by atoms with E-state index in [9.17, 15) is 9.90 Å². The number of carboxylic acid groups (broad SMARTS) is 1. The van der Waals surface area contributed by atoms with Gasteiger partial charge < -0.3 is 10.2 Å². The van der Waals surface area contributed by atoms with Crippen LogP contribution in [0.4, 0.5) is 0 Å². The predicted molar refractivity (Wildman–Crippen MR) is 60.9 cm³/mol. The van der Waals surface area contributed by atoms with Crippen LogP contribution in [0, 0.1) is 5.41 Å². The van der Waals surface area contributed by atoms with Gasteiger partial charge in [0.25, 0.3) is 0 Å². The molecule has 3 heteroatoms. The third kappa shape index (κ3) is 5.45. The second kappa shape index (κ2) is 5.79. The molecule has 0 aromatic rings. The molecule has 0 heterocycles. The van der Waals surface area contributed by atoms with Gasteiger partial charge >= 0.3 is 5.97 Å². The van der Waals surface area contributed by atoms with Gasteiger partial charge in [0, 0.05) is 6.42 Å². The van der Waals surface area contributed by atoms with Crippen LogP contribution in [-0.4, -0.2) is 16.2 Å². The van der Waals surface area contributed by atoms with Crippen LogP contribution in [0.5, 0.6) is 0 Å². The maximum Gasteiger partial charge on any atom is 0.334 e. The molecule has 0 saturated heterocycles. The average molecular weight is 214 g/mol. The highest BCUT2D eigenvalue weighted by molar-refractivity contribution is 5.86. The Labute approximate surface area is 91.8 Å². The smallest absolute Gasteiger partial charge is 0.334 e. The third-order valence-corrected chi connectivity index (χ3v) is 2.61. The van der Waals surface area contributed by atoms with E-state index in [1.54, 1.807) is 0 Å². The van der Waals surface area contributed by atoms with Crippen LogP contribution in [0.3, 0.4) is 0 Å². The van der Waals surface area contributed by atoms with Gasteiger partial charge in [-0.05, 0) is 18.8 Å². The minimum atomic E-state index is -1.04. The van der Waals surface area contributed by atoms with E-state index in [1.807, 2.05) is 13.8 Å². The Hall–Kier alpha value is -0.990. The van der Waals surface area contributed by atoms with Crippen molar-refractivity contribution < 1.29 is 15.0 Å². The Kier molecular flexibility index (Phi) is 5.40.